The molecule has 5 nitrogen and oxygen atoms in total. The van der Waals surface area contributed by atoms with Gasteiger partial charge < -0.3 is 20.1 Å². The number of aliphatic imine (C=N–C) groups is 1. The Hall–Kier alpha value is -2.53. The smallest absolute Gasteiger partial charge is 0.191 e. The quantitative estimate of drug-likeness (QED) is 0.618. The lowest BCUT2D eigenvalue weighted by Crippen LogP contribution is -2.40. The number of hydrogen-bond donors (Lipinski definition) is 2. The van der Waals surface area contributed by atoms with E-state index in [1.165, 1.54) is 22.3 Å². The Morgan fingerprint density at radius 2 is 1.79 bits per heavy atom. The Balaban J connectivity index is 1.30. The Labute approximate surface area is 167 Å². The first-order valence-corrected chi connectivity index (χ1v) is 10.2. The maximum Gasteiger partial charge on any atom is 0.191 e. The van der Waals surface area contributed by atoms with E-state index in [1.54, 1.807) is 0 Å². The molecule has 0 bridgehead atoms. The Bertz CT molecular complexity index is 811. The van der Waals surface area contributed by atoms with Gasteiger partial charge >= 0.3 is 0 Å². The molecule has 2 aliphatic rings. The minimum Gasteiger partial charge on any atom is -0.493 e. The van der Waals surface area contributed by atoms with Crippen molar-refractivity contribution in [3.63, 3.8) is 0 Å². The first-order valence-electron chi connectivity index (χ1n) is 10.2. The van der Waals surface area contributed by atoms with Crippen molar-refractivity contribution in [2.24, 2.45) is 10.9 Å². The molecule has 0 atom stereocenters. The number of hydrogen-bond acceptors (Lipinski definition) is 3. The minimum atomic E-state index is 0.671. The summed E-state index contributed by atoms with van der Waals surface area (Å²) < 4.78 is 11.0. The molecule has 5 heteroatoms. The van der Waals surface area contributed by atoms with E-state index in [-0.39, 0.29) is 0 Å². The molecule has 2 N–H and O–H groups in total. The van der Waals surface area contributed by atoms with Crippen LogP contribution in [0.3, 0.4) is 0 Å². The SMILES string of the molecule is CN=C(NCc1ccc(-c2ccc3c(c2)CCO3)cc1)NCC1CCOCC1. The highest BCUT2D eigenvalue weighted by Gasteiger charge is 2.14. The summed E-state index contributed by atoms with van der Waals surface area (Å²) in [5.41, 5.74) is 5.03. The molecule has 0 spiro atoms. The van der Waals surface area contributed by atoms with E-state index in [0.717, 1.165) is 63.9 Å². The summed E-state index contributed by atoms with van der Waals surface area (Å²) in [5, 5.41) is 6.85. The van der Waals surface area contributed by atoms with Crippen molar-refractivity contribution in [1.82, 2.24) is 10.6 Å². The monoisotopic (exact) mass is 379 g/mol. The largest absolute Gasteiger partial charge is 0.493 e. The standard InChI is InChI=1S/C23H29N3O2/c1-24-23(26-16-18-8-11-27-12-9-18)25-15-17-2-4-19(5-3-17)20-6-7-22-21(14-20)10-13-28-22/h2-7,14,18H,8-13,15-16H2,1H3,(H2,24,25,26). The summed E-state index contributed by atoms with van der Waals surface area (Å²) in [4.78, 5) is 4.34. The van der Waals surface area contributed by atoms with Gasteiger partial charge in [0.1, 0.15) is 5.75 Å². The average molecular weight is 380 g/mol. The Morgan fingerprint density at radius 1 is 1.00 bits per heavy atom. The third-order valence-electron chi connectivity index (χ3n) is 5.56. The molecule has 1 fully saturated rings. The predicted octanol–water partition coefficient (Wildman–Crippen LogP) is 3.38. The molecule has 0 unspecified atom stereocenters. The van der Waals surface area contributed by atoms with Crippen molar-refractivity contribution < 1.29 is 9.47 Å². The van der Waals surface area contributed by atoms with Gasteiger partial charge in [-0.3, -0.25) is 4.99 Å². The Kier molecular flexibility index (Phi) is 6.12. The number of nitrogens with one attached hydrogen (secondary N) is 2. The van der Waals surface area contributed by atoms with Crippen molar-refractivity contribution >= 4 is 5.96 Å². The molecule has 0 aromatic heterocycles. The maximum atomic E-state index is 5.60. The lowest BCUT2D eigenvalue weighted by Gasteiger charge is -2.23. The van der Waals surface area contributed by atoms with Gasteiger partial charge in [-0.05, 0) is 53.1 Å². The van der Waals surface area contributed by atoms with E-state index in [2.05, 4.69) is 58.1 Å². The first kappa shape index (κ1) is 18.8. The topological polar surface area (TPSA) is 54.9 Å². The number of benzene rings is 2. The van der Waals surface area contributed by atoms with Crippen molar-refractivity contribution in [1.29, 1.82) is 0 Å². The van der Waals surface area contributed by atoms with E-state index in [1.807, 2.05) is 7.05 Å². The molecule has 2 aromatic carbocycles. The van der Waals surface area contributed by atoms with Gasteiger partial charge in [0.15, 0.2) is 5.96 Å². The molecular weight excluding hydrogens is 350 g/mol. The number of fused-ring (bicyclic) bond motifs is 1. The zero-order valence-electron chi connectivity index (χ0n) is 16.5. The molecule has 1 saturated heterocycles. The molecule has 0 aliphatic carbocycles. The van der Waals surface area contributed by atoms with Crippen LogP contribution >= 0.6 is 0 Å². The highest BCUT2D eigenvalue weighted by atomic mass is 16.5. The Morgan fingerprint density at radius 3 is 2.57 bits per heavy atom. The maximum absolute atomic E-state index is 5.60. The average Bonchev–Trinajstić information content (AvgIpc) is 3.23. The number of rotatable bonds is 5. The summed E-state index contributed by atoms with van der Waals surface area (Å²) in [7, 11) is 1.82. The summed E-state index contributed by atoms with van der Waals surface area (Å²) >= 11 is 0. The van der Waals surface area contributed by atoms with Gasteiger partial charge in [-0.25, -0.2) is 0 Å². The second-order valence-corrected chi connectivity index (χ2v) is 7.48. The van der Waals surface area contributed by atoms with Crippen LogP contribution in [-0.4, -0.2) is 39.4 Å². The van der Waals surface area contributed by atoms with E-state index >= 15 is 0 Å². The zero-order valence-corrected chi connectivity index (χ0v) is 16.5. The van der Waals surface area contributed by atoms with Crippen LogP contribution in [0.1, 0.15) is 24.0 Å². The highest BCUT2D eigenvalue weighted by Crippen LogP contribution is 2.30. The second-order valence-electron chi connectivity index (χ2n) is 7.48. The number of nitrogens with zero attached hydrogens (tertiary/aromatic N) is 1. The third-order valence-corrected chi connectivity index (χ3v) is 5.56. The van der Waals surface area contributed by atoms with Crippen molar-refractivity contribution in [2.45, 2.75) is 25.8 Å². The lowest BCUT2D eigenvalue weighted by molar-refractivity contribution is 0.0675. The lowest BCUT2D eigenvalue weighted by atomic mass is 10.0. The molecular formula is C23H29N3O2. The summed E-state index contributed by atoms with van der Waals surface area (Å²) in [6.45, 7) is 4.26. The van der Waals surface area contributed by atoms with Crippen LogP contribution in [0.25, 0.3) is 11.1 Å². The van der Waals surface area contributed by atoms with E-state index in [4.69, 9.17) is 9.47 Å². The van der Waals surface area contributed by atoms with Crippen LogP contribution in [0.5, 0.6) is 5.75 Å². The van der Waals surface area contributed by atoms with Crippen LogP contribution in [0.2, 0.25) is 0 Å². The van der Waals surface area contributed by atoms with Gasteiger partial charge in [0, 0.05) is 39.8 Å². The summed E-state index contributed by atoms with van der Waals surface area (Å²) in [6.07, 6.45) is 3.26. The van der Waals surface area contributed by atoms with Crippen LogP contribution in [0.4, 0.5) is 0 Å². The predicted molar refractivity (Wildman–Crippen MR) is 113 cm³/mol. The van der Waals surface area contributed by atoms with Crippen LogP contribution in [-0.2, 0) is 17.7 Å². The number of guanidine groups is 1. The molecule has 0 amide bonds. The van der Waals surface area contributed by atoms with Crippen molar-refractivity contribution in [3.8, 4) is 16.9 Å². The van der Waals surface area contributed by atoms with Crippen LogP contribution < -0.4 is 15.4 Å². The van der Waals surface area contributed by atoms with Gasteiger partial charge in [0.2, 0.25) is 0 Å². The molecule has 2 aromatic rings. The zero-order chi connectivity index (χ0) is 19.2. The summed E-state index contributed by atoms with van der Waals surface area (Å²) in [5.74, 6) is 2.56. The first-order chi connectivity index (χ1) is 13.8. The molecule has 2 heterocycles. The fourth-order valence-electron chi connectivity index (χ4n) is 3.78. The van der Waals surface area contributed by atoms with Gasteiger partial charge in [-0.1, -0.05) is 30.3 Å². The third kappa shape index (κ3) is 4.65. The fraction of sp³-hybridized carbons (Fsp3) is 0.435. The van der Waals surface area contributed by atoms with Gasteiger partial charge in [-0.2, -0.15) is 0 Å². The minimum absolute atomic E-state index is 0.671. The normalized spacial score (nSPS) is 17.1. The summed E-state index contributed by atoms with van der Waals surface area (Å²) in [6, 6.07) is 15.2. The van der Waals surface area contributed by atoms with Crippen LogP contribution in [0, 0.1) is 5.92 Å². The van der Waals surface area contributed by atoms with Gasteiger partial charge in [0.05, 0.1) is 6.61 Å². The van der Waals surface area contributed by atoms with Gasteiger partial charge in [-0.15, -0.1) is 0 Å². The molecule has 148 valence electrons. The molecule has 0 radical (unpaired) electrons. The van der Waals surface area contributed by atoms with E-state index in [9.17, 15) is 0 Å². The molecule has 2 aliphatic heterocycles. The molecule has 0 saturated carbocycles. The molecule has 28 heavy (non-hydrogen) atoms. The van der Waals surface area contributed by atoms with Crippen molar-refractivity contribution in [2.75, 3.05) is 33.4 Å². The van der Waals surface area contributed by atoms with Crippen LogP contribution in [0.15, 0.2) is 47.5 Å². The highest BCUT2D eigenvalue weighted by molar-refractivity contribution is 5.79. The second kappa shape index (κ2) is 9.11. The van der Waals surface area contributed by atoms with Crippen molar-refractivity contribution in [3.05, 3.63) is 53.6 Å². The fourth-order valence-corrected chi connectivity index (χ4v) is 3.78. The molecule has 4 rings (SSSR count). The van der Waals surface area contributed by atoms with Gasteiger partial charge in [0.25, 0.3) is 0 Å². The van der Waals surface area contributed by atoms with E-state index in [0.29, 0.717) is 5.92 Å². The van der Waals surface area contributed by atoms with E-state index < -0.39 is 0 Å². The number of ether oxygens (including phenoxy) is 2.